The van der Waals surface area contributed by atoms with Crippen LogP contribution in [0.25, 0.3) is 0 Å². The molecule has 15 heteroatoms. The minimum atomic E-state index is -2.56. The fourth-order valence-electron chi connectivity index (χ4n) is 6.86. The molecule has 3 unspecified atom stereocenters. The Labute approximate surface area is 317 Å². The largest absolute Gasteiger partial charge is 0.494 e. The van der Waals surface area contributed by atoms with Gasteiger partial charge in [0.1, 0.15) is 17.9 Å². The molecule has 0 aliphatic carbocycles. The third-order valence-corrected chi connectivity index (χ3v) is 11.5. The van der Waals surface area contributed by atoms with E-state index in [9.17, 15) is 14.2 Å². The van der Waals surface area contributed by atoms with Crippen LogP contribution in [0.15, 0.2) is 66.9 Å². The van der Waals surface area contributed by atoms with Gasteiger partial charge in [0.2, 0.25) is 17.8 Å². The topological polar surface area (TPSA) is 144 Å². The smallest absolute Gasteiger partial charge is 0.243 e. The van der Waals surface area contributed by atoms with E-state index in [2.05, 4.69) is 41.0 Å². The van der Waals surface area contributed by atoms with Crippen LogP contribution < -0.4 is 36.2 Å². The predicted octanol–water partition coefficient (Wildman–Crippen LogP) is 5.23. The maximum Gasteiger partial charge on any atom is 0.243 e. The van der Waals surface area contributed by atoms with Crippen molar-refractivity contribution in [3.8, 4) is 5.75 Å². The standard InChI is InChI=1S/C38H45ClN9O4P/c1-52-33-21-26(11-12-30(33)43-38-41-22-28(39)36(45-38)42-31-8-4-5-10-34(31)53(2,3)51)47-19-17-46(18-20-47)16-15-40-29-9-6-7-25-23-48(24-27(25)29)32-13-14-35(49)44-37(32)50/h4-12,21-22,32,40H,13-20,23-24H2,1-3H3,(H,44,49,50)(H2,41,42,43,45)/i23D,24D. The lowest BCUT2D eigenvalue weighted by Gasteiger charge is -2.36. The number of hydrogen-bond acceptors (Lipinski definition) is 12. The number of nitrogens with zero attached hydrogens (tertiary/aromatic N) is 5. The maximum atomic E-state index is 12.9. The zero-order valence-electron chi connectivity index (χ0n) is 31.9. The van der Waals surface area contributed by atoms with Crippen molar-refractivity contribution in [1.29, 1.82) is 0 Å². The Bertz CT molecular complexity index is 2130. The molecule has 3 atom stereocenters. The molecular weight excluding hydrogens is 713 g/mol. The molecule has 0 bridgehead atoms. The van der Waals surface area contributed by atoms with E-state index in [1.54, 1.807) is 25.3 Å². The number of amides is 2. The van der Waals surface area contributed by atoms with E-state index in [1.165, 1.54) is 6.20 Å². The molecule has 4 N–H and O–H groups in total. The van der Waals surface area contributed by atoms with E-state index in [0.717, 1.165) is 49.7 Å². The van der Waals surface area contributed by atoms with E-state index >= 15 is 0 Å². The van der Waals surface area contributed by atoms with Gasteiger partial charge in [0.25, 0.3) is 0 Å². The number of halogens is 1. The quantitative estimate of drug-likeness (QED) is 0.111. The molecule has 7 rings (SSSR count). The van der Waals surface area contributed by atoms with Crippen molar-refractivity contribution in [3.63, 3.8) is 0 Å². The zero-order valence-corrected chi connectivity index (χ0v) is 31.6. The molecule has 2 saturated heterocycles. The van der Waals surface area contributed by atoms with E-state index in [1.807, 2.05) is 60.7 Å². The zero-order chi connectivity index (χ0) is 38.9. The van der Waals surface area contributed by atoms with Crippen LogP contribution in [0.2, 0.25) is 5.02 Å². The molecule has 0 radical (unpaired) electrons. The molecule has 53 heavy (non-hydrogen) atoms. The van der Waals surface area contributed by atoms with Gasteiger partial charge in [0, 0.05) is 84.2 Å². The highest BCUT2D eigenvalue weighted by atomic mass is 35.5. The molecule has 3 aromatic carbocycles. The highest BCUT2D eigenvalue weighted by Gasteiger charge is 2.35. The van der Waals surface area contributed by atoms with Gasteiger partial charge in [-0.1, -0.05) is 35.9 Å². The van der Waals surface area contributed by atoms with E-state index < -0.39 is 32.1 Å². The van der Waals surface area contributed by atoms with E-state index in [4.69, 9.17) is 19.1 Å². The SMILES string of the molecule is [2H]C1c2cccc(NCCN3CCN(c4ccc(Nc5ncc(Cl)c(Nc6ccccc6P(C)(C)=O)n5)c(OC)c4)CC3)c2C([2H])N1C1CCC(=O)NC1=O. The molecule has 4 heterocycles. The second-order valence-electron chi connectivity index (χ2n) is 13.6. The van der Waals surface area contributed by atoms with Crippen LogP contribution in [0.4, 0.5) is 34.5 Å². The van der Waals surface area contributed by atoms with Crippen LogP contribution in [-0.4, -0.2) is 97.3 Å². The van der Waals surface area contributed by atoms with Crippen LogP contribution in [0.5, 0.6) is 5.75 Å². The van der Waals surface area contributed by atoms with Crippen molar-refractivity contribution in [1.82, 2.24) is 25.1 Å². The van der Waals surface area contributed by atoms with Crippen molar-refractivity contribution in [2.24, 2.45) is 0 Å². The minimum absolute atomic E-state index is 0.207. The summed E-state index contributed by atoms with van der Waals surface area (Å²) in [5.74, 6) is 0.595. The summed E-state index contributed by atoms with van der Waals surface area (Å²) in [5.41, 5.74) is 4.63. The van der Waals surface area contributed by atoms with E-state index in [-0.39, 0.29) is 12.3 Å². The number of para-hydroxylation sites is 1. The Hall–Kier alpha value is -4.68. The fourth-order valence-corrected chi connectivity index (χ4v) is 8.15. The third kappa shape index (κ3) is 8.44. The molecule has 3 aliphatic rings. The van der Waals surface area contributed by atoms with Gasteiger partial charge in [0.05, 0.1) is 30.7 Å². The summed E-state index contributed by atoms with van der Waals surface area (Å²) >= 11 is 6.46. The monoisotopic (exact) mass is 759 g/mol. The van der Waals surface area contributed by atoms with Crippen LogP contribution in [0.1, 0.15) is 26.7 Å². The number of fused-ring (bicyclic) bond motifs is 1. The number of hydrogen-bond donors (Lipinski definition) is 4. The van der Waals surface area contributed by atoms with Gasteiger partial charge in [-0.3, -0.25) is 24.7 Å². The van der Waals surface area contributed by atoms with Crippen LogP contribution >= 0.6 is 18.7 Å². The van der Waals surface area contributed by atoms with Crippen molar-refractivity contribution in [2.75, 3.05) is 80.6 Å². The number of nitrogens with one attached hydrogen (secondary N) is 4. The number of ether oxygens (including phenoxy) is 1. The molecule has 278 valence electrons. The normalized spacial score (nSPS) is 21.4. The number of methoxy groups -OCH3 is 1. The molecule has 1 aromatic heterocycles. The molecule has 4 aromatic rings. The summed E-state index contributed by atoms with van der Waals surface area (Å²) in [6.07, 6.45) is 2.03. The van der Waals surface area contributed by atoms with Gasteiger partial charge in [-0.15, -0.1) is 0 Å². The Morgan fingerprint density at radius 3 is 2.57 bits per heavy atom. The Balaban J connectivity index is 0.938. The number of anilines is 6. The number of carbonyl (C=O) groups excluding carboxylic acids is 2. The van der Waals surface area contributed by atoms with Crippen molar-refractivity contribution in [2.45, 2.75) is 31.9 Å². The third-order valence-electron chi connectivity index (χ3n) is 9.67. The van der Waals surface area contributed by atoms with Gasteiger partial charge in [0.15, 0.2) is 5.82 Å². The lowest BCUT2D eigenvalue weighted by molar-refractivity contribution is -0.137. The number of aromatic nitrogens is 2. The summed E-state index contributed by atoms with van der Waals surface area (Å²) in [6, 6.07) is 18.4. The summed E-state index contributed by atoms with van der Waals surface area (Å²) in [6.45, 7) is 6.54. The first-order valence-electron chi connectivity index (χ1n) is 18.8. The van der Waals surface area contributed by atoms with Crippen molar-refractivity contribution < 1.29 is 21.6 Å². The first-order valence-corrected chi connectivity index (χ1v) is 20.6. The minimum Gasteiger partial charge on any atom is -0.494 e. The van der Waals surface area contributed by atoms with Gasteiger partial charge in [-0.05, 0) is 61.2 Å². The van der Waals surface area contributed by atoms with Crippen LogP contribution in [-0.2, 0) is 27.2 Å². The van der Waals surface area contributed by atoms with Crippen molar-refractivity contribution >= 4 is 70.4 Å². The first-order chi connectivity index (χ1) is 26.4. The number of rotatable bonds is 12. The van der Waals surface area contributed by atoms with Gasteiger partial charge < -0.3 is 30.2 Å². The summed E-state index contributed by atoms with van der Waals surface area (Å²) in [5, 5.41) is 13.4. The second kappa shape index (κ2) is 15.7. The van der Waals surface area contributed by atoms with Gasteiger partial charge >= 0.3 is 0 Å². The Morgan fingerprint density at radius 1 is 1.00 bits per heavy atom. The number of piperazine rings is 1. The first kappa shape index (κ1) is 34.1. The van der Waals surface area contributed by atoms with Crippen LogP contribution in [0, 0.1) is 0 Å². The highest BCUT2D eigenvalue weighted by Crippen LogP contribution is 2.39. The number of carbonyl (C=O) groups is 2. The van der Waals surface area contributed by atoms with E-state index in [0.29, 0.717) is 57.7 Å². The lowest BCUT2D eigenvalue weighted by atomic mass is 10.0. The van der Waals surface area contributed by atoms with Gasteiger partial charge in [-0.2, -0.15) is 4.98 Å². The molecule has 0 saturated carbocycles. The molecule has 0 spiro atoms. The number of imide groups is 1. The maximum absolute atomic E-state index is 12.9. The lowest BCUT2D eigenvalue weighted by Crippen LogP contribution is -2.50. The second-order valence-corrected chi connectivity index (χ2v) is 17.2. The average molecular weight is 760 g/mol. The van der Waals surface area contributed by atoms with Crippen molar-refractivity contribution in [3.05, 3.63) is 83.0 Å². The van der Waals surface area contributed by atoms with Gasteiger partial charge in [-0.25, -0.2) is 4.98 Å². The van der Waals surface area contributed by atoms with Crippen LogP contribution in [0.3, 0.4) is 0 Å². The molecule has 2 amide bonds. The summed E-state index contributed by atoms with van der Waals surface area (Å²) in [4.78, 5) is 39.6. The molecule has 13 nitrogen and oxygen atoms in total. The summed E-state index contributed by atoms with van der Waals surface area (Å²) in [7, 11) is -0.934. The Kier molecular flexibility index (Phi) is 10.1. The highest BCUT2D eigenvalue weighted by molar-refractivity contribution is 7.70. The average Bonchev–Trinajstić information content (AvgIpc) is 3.42. The summed E-state index contributed by atoms with van der Waals surface area (Å²) < 4.78 is 36.5. The number of piperidine rings is 1. The molecular formula is C38H45ClN9O4P. The fraction of sp³-hybridized carbons (Fsp3) is 0.368. The Morgan fingerprint density at radius 2 is 1.79 bits per heavy atom. The molecule has 2 fully saturated rings. The predicted molar refractivity (Wildman–Crippen MR) is 211 cm³/mol. The number of benzene rings is 3. The molecule has 3 aliphatic heterocycles.